The van der Waals surface area contributed by atoms with Crippen LogP contribution in [0.5, 0.6) is 5.75 Å². The third kappa shape index (κ3) is 7.47. The average Bonchev–Trinajstić information content (AvgIpc) is 2.47. The lowest BCUT2D eigenvalue weighted by Gasteiger charge is -2.16. The number of hydrogen-bond donors (Lipinski definition) is 3. The molecule has 0 saturated carbocycles. The number of hydrogen-bond acceptors (Lipinski definition) is 3. The second kappa shape index (κ2) is 10.2. The number of benzene rings is 1. The minimum atomic E-state index is -0.434. The van der Waals surface area contributed by atoms with Crippen molar-refractivity contribution in [3.63, 3.8) is 0 Å². The topological polar surface area (TPSA) is 71.9 Å². The van der Waals surface area contributed by atoms with Crippen LogP contribution in [0.15, 0.2) is 22.7 Å². The van der Waals surface area contributed by atoms with E-state index in [-0.39, 0.29) is 12.5 Å². The van der Waals surface area contributed by atoms with Gasteiger partial charge >= 0.3 is 6.03 Å². The van der Waals surface area contributed by atoms with Crippen molar-refractivity contribution in [1.82, 2.24) is 10.6 Å². The van der Waals surface area contributed by atoms with Gasteiger partial charge in [0, 0.05) is 16.6 Å². The Bertz CT molecular complexity index is 537. The van der Waals surface area contributed by atoms with Gasteiger partial charge < -0.3 is 15.0 Å². The molecule has 0 spiro atoms. The molecule has 0 saturated heterocycles. The number of methoxy groups -OCH3 is 1. The van der Waals surface area contributed by atoms with Gasteiger partial charge in [0.1, 0.15) is 12.3 Å². The van der Waals surface area contributed by atoms with Gasteiger partial charge in [-0.2, -0.15) is 0 Å². The number of urea groups is 1. The third-order valence-electron chi connectivity index (χ3n) is 3.27. The molecule has 1 rings (SSSR count). The van der Waals surface area contributed by atoms with Gasteiger partial charge in [-0.05, 0) is 24.6 Å². The average molecular weight is 387 g/mol. The molecule has 128 valence electrons. The van der Waals surface area contributed by atoms with E-state index in [0.717, 1.165) is 33.5 Å². The highest BCUT2D eigenvalue weighted by atomic mass is 79.9. The quantitative estimate of drug-likeness (QED) is 0.585. The standard InChI is InChI=1S/C16H24BrN3O3/c1-4-5-8-18-16(22)19-15(21)11-20(2)10-12-9-13(17)6-7-14(12)23-3/h6-7,9H,4-5,8,10-11H2,1-3H3,(H2,18,19,21,22)/p+1. The first-order valence-electron chi connectivity index (χ1n) is 7.67. The summed E-state index contributed by atoms with van der Waals surface area (Å²) in [4.78, 5) is 24.4. The van der Waals surface area contributed by atoms with Crippen molar-refractivity contribution in [3.8, 4) is 5.75 Å². The normalized spacial score (nSPS) is 11.7. The second-order valence-electron chi connectivity index (χ2n) is 5.42. The molecular formula is C16H25BrN3O3+. The Morgan fingerprint density at radius 3 is 2.74 bits per heavy atom. The second-order valence-corrected chi connectivity index (χ2v) is 6.34. The summed E-state index contributed by atoms with van der Waals surface area (Å²) in [5.74, 6) is 0.482. The van der Waals surface area contributed by atoms with E-state index in [1.165, 1.54) is 0 Å². The predicted octanol–water partition coefficient (Wildman–Crippen LogP) is 1.10. The van der Waals surface area contributed by atoms with Gasteiger partial charge in [-0.25, -0.2) is 4.79 Å². The van der Waals surface area contributed by atoms with Crippen LogP contribution < -0.4 is 20.3 Å². The first-order chi connectivity index (χ1) is 11.0. The smallest absolute Gasteiger partial charge is 0.321 e. The van der Waals surface area contributed by atoms with Gasteiger partial charge in [0.05, 0.1) is 14.2 Å². The Balaban J connectivity index is 2.47. The number of nitrogens with one attached hydrogen (secondary N) is 3. The summed E-state index contributed by atoms with van der Waals surface area (Å²) in [6, 6.07) is 5.33. The van der Waals surface area contributed by atoms with Crippen LogP contribution in [0.1, 0.15) is 25.3 Å². The Hall–Kier alpha value is -1.60. The molecule has 1 unspecified atom stereocenters. The fraction of sp³-hybridized carbons (Fsp3) is 0.500. The van der Waals surface area contributed by atoms with Crippen molar-refractivity contribution >= 4 is 27.9 Å². The van der Waals surface area contributed by atoms with Crippen molar-refractivity contribution < 1.29 is 19.2 Å². The van der Waals surface area contributed by atoms with Crippen LogP contribution in [0.25, 0.3) is 0 Å². The zero-order valence-electron chi connectivity index (χ0n) is 13.9. The predicted molar refractivity (Wildman–Crippen MR) is 92.6 cm³/mol. The Kier molecular flexibility index (Phi) is 8.65. The van der Waals surface area contributed by atoms with Crippen LogP contribution in [0.3, 0.4) is 0 Å². The van der Waals surface area contributed by atoms with E-state index in [4.69, 9.17) is 4.74 Å². The number of likely N-dealkylation sites (N-methyl/N-ethyl adjacent to an activating group) is 1. The number of ether oxygens (including phenoxy) is 1. The van der Waals surface area contributed by atoms with Crippen LogP contribution in [0, 0.1) is 0 Å². The number of halogens is 1. The summed E-state index contributed by atoms with van der Waals surface area (Å²) in [6.07, 6.45) is 1.89. The summed E-state index contributed by atoms with van der Waals surface area (Å²) < 4.78 is 6.29. The first kappa shape index (κ1) is 19.4. The lowest BCUT2D eigenvalue weighted by atomic mass is 10.2. The SMILES string of the molecule is CCCCNC(=O)NC(=O)C[NH+](C)Cc1cc(Br)ccc1OC. The molecule has 1 aromatic carbocycles. The van der Waals surface area contributed by atoms with Gasteiger partial charge in [-0.3, -0.25) is 10.1 Å². The maximum absolute atomic E-state index is 11.9. The number of carbonyl (C=O) groups is 2. The van der Waals surface area contributed by atoms with Crippen molar-refractivity contribution in [1.29, 1.82) is 0 Å². The van der Waals surface area contributed by atoms with Gasteiger partial charge in [0.2, 0.25) is 0 Å². The molecule has 6 nitrogen and oxygen atoms in total. The van der Waals surface area contributed by atoms with Crippen LogP contribution in [0.4, 0.5) is 4.79 Å². The van der Waals surface area contributed by atoms with E-state index in [0.29, 0.717) is 13.1 Å². The number of quaternary nitrogens is 1. The summed E-state index contributed by atoms with van der Waals surface area (Å²) in [5, 5.41) is 5.00. The largest absolute Gasteiger partial charge is 0.496 e. The molecule has 0 heterocycles. The number of imide groups is 1. The zero-order valence-corrected chi connectivity index (χ0v) is 15.5. The maximum Gasteiger partial charge on any atom is 0.321 e. The highest BCUT2D eigenvalue weighted by Gasteiger charge is 2.15. The minimum Gasteiger partial charge on any atom is -0.496 e. The molecular weight excluding hydrogens is 362 g/mol. The maximum atomic E-state index is 11.9. The van der Waals surface area contributed by atoms with E-state index < -0.39 is 6.03 Å². The molecule has 0 fully saturated rings. The van der Waals surface area contributed by atoms with E-state index in [1.54, 1.807) is 7.11 Å². The molecule has 0 aliphatic rings. The first-order valence-corrected chi connectivity index (χ1v) is 8.47. The summed E-state index contributed by atoms with van der Waals surface area (Å²) in [7, 11) is 3.52. The molecule has 1 atom stereocenters. The van der Waals surface area contributed by atoms with Crippen LogP contribution in [0.2, 0.25) is 0 Å². The summed E-state index contributed by atoms with van der Waals surface area (Å²) in [5.41, 5.74) is 1.000. The third-order valence-corrected chi connectivity index (χ3v) is 3.76. The van der Waals surface area contributed by atoms with Crippen LogP contribution in [-0.2, 0) is 11.3 Å². The van der Waals surface area contributed by atoms with Crippen LogP contribution in [-0.4, -0.2) is 39.2 Å². The molecule has 1 aromatic rings. The molecule has 0 bridgehead atoms. The van der Waals surface area contributed by atoms with Gasteiger partial charge in [0.25, 0.3) is 5.91 Å². The molecule has 7 heteroatoms. The monoisotopic (exact) mass is 386 g/mol. The Morgan fingerprint density at radius 1 is 1.35 bits per heavy atom. The molecule has 23 heavy (non-hydrogen) atoms. The highest BCUT2D eigenvalue weighted by Crippen LogP contribution is 2.21. The van der Waals surface area contributed by atoms with Gasteiger partial charge in [0.15, 0.2) is 6.54 Å². The fourth-order valence-corrected chi connectivity index (χ4v) is 2.55. The Morgan fingerprint density at radius 2 is 2.09 bits per heavy atom. The van der Waals surface area contributed by atoms with E-state index >= 15 is 0 Å². The molecule has 3 amide bonds. The lowest BCUT2D eigenvalue weighted by molar-refractivity contribution is -0.885. The van der Waals surface area contributed by atoms with E-state index in [2.05, 4.69) is 26.6 Å². The van der Waals surface area contributed by atoms with E-state index in [9.17, 15) is 9.59 Å². The number of amides is 3. The van der Waals surface area contributed by atoms with Crippen molar-refractivity contribution in [3.05, 3.63) is 28.2 Å². The van der Waals surface area contributed by atoms with Crippen molar-refractivity contribution in [2.45, 2.75) is 26.3 Å². The lowest BCUT2D eigenvalue weighted by Crippen LogP contribution is -3.09. The van der Waals surface area contributed by atoms with Crippen molar-refractivity contribution in [2.75, 3.05) is 27.2 Å². The fourth-order valence-electron chi connectivity index (χ4n) is 2.14. The number of unbranched alkanes of at least 4 members (excludes halogenated alkanes) is 1. The van der Waals surface area contributed by atoms with Gasteiger partial charge in [-0.15, -0.1) is 0 Å². The molecule has 0 aliphatic heterocycles. The molecule has 0 aromatic heterocycles. The zero-order chi connectivity index (χ0) is 17.2. The number of rotatable bonds is 8. The van der Waals surface area contributed by atoms with Gasteiger partial charge in [-0.1, -0.05) is 29.3 Å². The van der Waals surface area contributed by atoms with Crippen LogP contribution >= 0.6 is 15.9 Å². The van der Waals surface area contributed by atoms with Crippen molar-refractivity contribution in [2.24, 2.45) is 0 Å². The van der Waals surface area contributed by atoms with E-state index in [1.807, 2.05) is 32.2 Å². The number of carbonyl (C=O) groups excluding carboxylic acids is 2. The minimum absolute atomic E-state index is 0.205. The molecule has 0 aliphatic carbocycles. The summed E-state index contributed by atoms with van der Waals surface area (Å²) in [6.45, 7) is 3.44. The molecule has 3 N–H and O–H groups in total. The molecule has 0 radical (unpaired) electrons. The summed E-state index contributed by atoms with van der Waals surface area (Å²) >= 11 is 3.43. The highest BCUT2D eigenvalue weighted by molar-refractivity contribution is 9.10. The Labute approximate surface area is 145 Å².